The summed E-state index contributed by atoms with van der Waals surface area (Å²) >= 11 is 7.19. The number of H-pyrrole nitrogens is 2. The van der Waals surface area contributed by atoms with Crippen molar-refractivity contribution in [1.82, 2.24) is 9.97 Å². The van der Waals surface area contributed by atoms with Gasteiger partial charge in [0.1, 0.15) is 5.75 Å². The second-order valence-electron chi connectivity index (χ2n) is 9.80. The molecule has 6 aromatic rings. The van der Waals surface area contributed by atoms with Gasteiger partial charge in [-0.25, -0.2) is 0 Å². The lowest BCUT2D eigenvalue weighted by Gasteiger charge is -2.16. The number of aryl methyl sites for hydroxylation is 1. The molecule has 1 unspecified atom stereocenters. The number of fused-ring (bicyclic) bond motifs is 2. The predicted octanol–water partition coefficient (Wildman–Crippen LogP) is 9.23. The number of benzene rings is 4. The van der Waals surface area contributed by atoms with Crippen LogP contribution in [-0.2, 0) is 12.8 Å². The number of nitrogens with one attached hydrogen (secondary N) is 2. The molecular formula is C33H30BrN3OS2. The van der Waals surface area contributed by atoms with Gasteiger partial charge in [-0.3, -0.25) is 0 Å². The van der Waals surface area contributed by atoms with Crippen LogP contribution in [0.4, 0.5) is 0 Å². The normalized spacial score (nSPS) is 12.3. The summed E-state index contributed by atoms with van der Waals surface area (Å²) in [5.41, 5.74) is 11.6. The molecule has 0 aliphatic heterocycles. The third-order valence-corrected chi connectivity index (χ3v) is 9.94. The monoisotopic (exact) mass is 627 g/mol. The molecule has 7 heteroatoms. The smallest absolute Gasteiger partial charge is 0.129 e. The van der Waals surface area contributed by atoms with Crippen LogP contribution >= 0.6 is 39.5 Å². The molecule has 0 bridgehead atoms. The van der Waals surface area contributed by atoms with Gasteiger partial charge in [-0.2, -0.15) is 0 Å². The van der Waals surface area contributed by atoms with Gasteiger partial charge in [0, 0.05) is 53.4 Å². The average Bonchev–Trinajstić information content (AvgIpc) is 3.57. The second-order valence-corrected chi connectivity index (χ2v) is 12.9. The first-order valence-electron chi connectivity index (χ1n) is 13.3. The molecule has 6 rings (SSSR count). The molecule has 0 aliphatic carbocycles. The van der Waals surface area contributed by atoms with Crippen molar-refractivity contribution in [3.63, 3.8) is 0 Å². The van der Waals surface area contributed by atoms with E-state index in [-0.39, 0.29) is 6.04 Å². The van der Waals surface area contributed by atoms with Crippen LogP contribution in [0.5, 0.6) is 5.75 Å². The van der Waals surface area contributed by atoms with E-state index in [2.05, 4.69) is 111 Å². The lowest BCUT2D eigenvalue weighted by atomic mass is 10.00. The minimum atomic E-state index is 0.0603. The summed E-state index contributed by atoms with van der Waals surface area (Å²) in [6, 6.07) is 29.8. The Labute approximate surface area is 251 Å². The first kappa shape index (κ1) is 27.1. The van der Waals surface area contributed by atoms with Crippen LogP contribution in [-0.4, -0.2) is 23.1 Å². The molecule has 4 N–H and O–H groups in total. The van der Waals surface area contributed by atoms with Gasteiger partial charge in [0.15, 0.2) is 0 Å². The number of hydrogen-bond acceptors (Lipinski definition) is 4. The van der Waals surface area contributed by atoms with Crippen molar-refractivity contribution in [1.29, 1.82) is 0 Å². The van der Waals surface area contributed by atoms with E-state index in [0.717, 1.165) is 45.9 Å². The Bertz CT molecular complexity index is 1780. The third-order valence-electron chi connectivity index (χ3n) is 7.11. The fourth-order valence-electron chi connectivity index (χ4n) is 5.07. The Balaban J connectivity index is 1.15. The van der Waals surface area contributed by atoms with Crippen molar-refractivity contribution >= 4 is 61.3 Å². The van der Waals surface area contributed by atoms with E-state index in [9.17, 15) is 0 Å². The Hall–Kier alpha value is -3.10. The van der Waals surface area contributed by atoms with Crippen LogP contribution in [0.2, 0.25) is 0 Å². The van der Waals surface area contributed by atoms with Crippen molar-refractivity contribution in [2.45, 2.75) is 44.9 Å². The SMILES string of the molecule is COc1cccc2[nH]cc(Sc3ccccc3CCC(N)Cc3ccccc3Sc3c[nH]c4ccc(Br)cc34)c12. The number of nitrogens with two attached hydrogens (primary N) is 1. The maximum Gasteiger partial charge on any atom is 0.129 e. The Kier molecular flexibility index (Phi) is 8.25. The molecule has 40 heavy (non-hydrogen) atoms. The average molecular weight is 629 g/mol. The van der Waals surface area contributed by atoms with E-state index in [1.165, 1.54) is 36.1 Å². The van der Waals surface area contributed by atoms with E-state index >= 15 is 0 Å². The van der Waals surface area contributed by atoms with Gasteiger partial charge in [-0.15, -0.1) is 0 Å². The molecule has 1 atom stereocenters. The van der Waals surface area contributed by atoms with E-state index < -0.39 is 0 Å². The summed E-state index contributed by atoms with van der Waals surface area (Å²) in [5.74, 6) is 0.887. The number of rotatable bonds is 10. The van der Waals surface area contributed by atoms with Crippen LogP contribution in [0.15, 0.2) is 121 Å². The van der Waals surface area contributed by atoms with Gasteiger partial charge >= 0.3 is 0 Å². The quantitative estimate of drug-likeness (QED) is 0.142. The van der Waals surface area contributed by atoms with Crippen LogP contribution in [0.3, 0.4) is 0 Å². The lowest BCUT2D eigenvalue weighted by Crippen LogP contribution is -2.23. The maximum atomic E-state index is 6.75. The highest BCUT2D eigenvalue weighted by Crippen LogP contribution is 2.40. The summed E-state index contributed by atoms with van der Waals surface area (Å²) in [5, 5.41) is 2.35. The summed E-state index contributed by atoms with van der Waals surface area (Å²) in [7, 11) is 1.72. The molecule has 4 aromatic carbocycles. The molecule has 0 saturated heterocycles. The number of methoxy groups -OCH3 is 1. The predicted molar refractivity (Wildman–Crippen MR) is 172 cm³/mol. The fourth-order valence-corrected chi connectivity index (χ4v) is 7.61. The van der Waals surface area contributed by atoms with E-state index in [1.54, 1.807) is 30.6 Å². The minimum absolute atomic E-state index is 0.0603. The summed E-state index contributed by atoms with van der Waals surface area (Å²) in [6.07, 6.45) is 6.84. The molecule has 0 spiro atoms. The molecule has 0 saturated carbocycles. The van der Waals surface area contributed by atoms with Crippen molar-refractivity contribution in [2.24, 2.45) is 5.73 Å². The minimum Gasteiger partial charge on any atom is -0.496 e. The number of aromatic amines is 2. The topological polar surface area (TPSA) is 66.8 Å². The summed E-state index contributed by atoms with van der Waals surface area (Å²) in [4.78, 5) is 11.7. The van der Waals surface area contributed by atoms with E-state index in [1.807, 2.05) is 12.1 Å². The zero-order valence-corrected chi connectivity index (χ0v) is 25.3. The van der Waals surface area contributed by atoms with E-state index in [0.29, 0.717) is 0 Å². The highest BCUT2D eigenvalue weighted by Gasteiger charge is 2.15. The van der Waals surface area contributed by atoms with Crippen molar-refractivity contribution in [3.05, 3.63) is 113 Å². The van der Waals surface area contributed by atoms with Crippen molar-refractivity contribution in [2.75, 3.05) is 7.11 Å². The zero-order chi connectivity index (χ0) is 27.5. The molecule has 0 amide bonds. The van der Waals surface area contributed by atoms with Gasteiger partial charge < -0.3 is 20.4 Å². The Morgan fingerprint density at radius 1 is 0.775 bits per heavy atom. The van der Waals surface area contributed by atoms with Crippen molar-refractivity contribution < 1.29 is 4.74 Å². The van der Waals surface area contributed by atoms with Gasteiger partial charge in [0.25, 0.3) is 0 Å². The van der Waals surface area contributed by atoms with Gasteiger partial charge in [0.05, 0.1) is 18.0 Å². The zero-order valence-electron chi connectivity index (χ0n) is 22.1. The second kappa shape index (κ2) is 12.2. The lowest BCUT2D eigenvalue weighted by molar-refractivity contribution is 0.419. The Morgan fingerprint density at radius 2 is 1.48 bits per heavy atom. The van der Waals surface area contributed by atoms with Gasteiger partial charge in [-0.1, -0.05) is 81.9 Å². The number of ether oxygens (including phenoxy) is 1. The molecule has 0 fully saturated rings. The molecule has 0 aliphatic rings. The van der Waals surface area contributed by atoms with Crippen molar-refractivity contribution in [3.8, 4) is 5.75 Å². The van der Waals surface area contributed by atoms with Crippen LogP contribution in [0.25, 0.3) is 21.8 Å². The molecular weight excluding hydrogens is 598 g/mol. The summed E-state index contributed by atoms with van der Waals surface area (Å²) in [6.45, 7) is 0. The first-order valence-corrected chi connectivity index (χ1v) is 15.7. The van der Waals surface area contributed by atoms with Gasteiger partial charge in [0.2, 0.25) is 0 Å². The molecule has 202 valence electrons. The number of hydrogen-bond donors (Lipinski definition) is 3. The van der Waals surface area contributed by atoms with E-state index in [4.69, 9.17) is 10.5 Å². The largest absolute Gasteiger partial charge is 0.496 e. The first-order chi connectivity index (χ1) is 19.6. The third kappa shape index (κ3) is 5.84. The van der Waals surface area contributed by atoms with Crippen LogP contribution in [0, 0.1) is 0 Å². The molecule has 2 aromatic heterocycles. The fraction of sp³-hybridized carbons (Fsp3) is 0.152. The maximum absolute atomic E-state index is 6.75. The highest BCUT2D eigenvalue weighted by atomic mass is 79.9. The number of aromatic nitrogens is 2. The summed E-state index contributed by atoms with van der Waals surface area (Å²) < 4.78 is 6.73. The van der Waals surface area contributed by atoms with Crippen LogP contribution in [0.1, 0.15) is 17.5 Å². The molecule has 0 radical (unpaired) electrons. The standard InChI is InChI=1S/C33H30BrN3OS2/c1-38-28-10-6-9-27-33(28)32(20-37-27)40-29-11-4-2-7-21(29)13-15-24(35)17-22-8-3-5-12-30(22)39-31-19-36-26-16-14-23(34)18-25(26)31/h2-12,14,16,18-20,24,36-37H,13,15,17,35H2,1H3. The Morgan fingerprint density at radius 3 is 2.30 bits per heavy atom. The number of halogens is 1. The molecule has 4 nitrogen and oxygen atoms in total. The molecule has 2 heterocycles. The van der Waals surface area contributed by atoms with Crippen LogP contribution < -0.4 is 10.5 Å². The van der Waals surface area contributed by atoms with Gasteiger partial charge in [-0.05, 0) is 72.9 Å². The highest BCUT2D eigenvalue weighted by molar-refractivity contribution is 9.10.